The fourth-order valence-corrected chi connectivity index (χ4v) is 2.57. The van der Waals surface area contributed by atoms with Crippen molar-refractivity contribution < 1.29 is 4.52 Å². The molecule has 0 spiro atoms. The molecule has 0 fully saturated rings. The van der Waals surface area contributed by atoms with Crippen molar-refractivity contribution in [3.63, 3.8) is 0 Å². The fourth-order valence-electron chi connectivity index (χ4n) is 1.15. The Bertz CT molecular complexity index is 466. The van der Waals surface area contributed by atoms with Crippen LogP contribution >= 0.6 is 27.3 Å². The lowest BCUT2D eigenvalue weighted by molar-refractivity contribution is 0.419. The molecule has 4 nitrogen and oxygen atoms in total. The highest BCUT2D eigenvalue weighted by atomic mass is 79.9. The largest absolute Gasteiger partial charge is 0.333 e. The predicted molar refractivity (Wildman–Crippen MR) is 67.7 cm³/mol. The number of hydrogen-bond acceptors (Lipinski definition) is 5. The third-order valence-electron chi connectivity index (χ3n) is 2.00. The van der Waals surface area contributed by atoms with Gasteiger partial charge in [-0.2, -0.15) is 4.98 Å². The van der Waals surface area contributed by atoms with Gasteiger partial charge in [-0.25, -0.2) is 0 Å². The molecule has 0 saturated heterocycles. The standard InChI is InChI=1S/C10H12BrN3OS/c1-6(2)9-13-10(15-14-9)12-5-7-3-4-8(11)16-7/h3-4,6H,5H2,1-2H3,(H,12,13,14). The maximum absolute atomic E-state index is 5.08. The molecule has 0 aliphatic heterocycles. The molecule has 2 aromatic rings. The summed E-state index contributed by atoms with van der Waals surface area (Å²) in [5.41, 5.74) is 0. The first-order valence-electron chi connectivity index (χ1n) is 4.97. The van der Waals surface area contributed by atoms with Gasteiger partial charge in [0, 0.05) is 10.8 Å². The van der Waals surface area contributed by atoms with Crippen LogP contribution in [0, 0.1) is 0 Å². The zero-order valence-corrected chi connectivity index (χ0v) is 11.4. The van der Waals surface area contributed by atoms with E-state index in [-0.39, 0.29) is 5.92 Å². The molecule has 2 heterocycles. The molecule has 0 bridgehead atoms. The molecule has 0 saturated carbocycles. The summed E-state index contributed by atoms with van der Waals surface area (Å²) in [4.78, 5) is 5.45. The van der Waals surface area contributed by atoms with E-state index in [0.717, 1.165) is 9.61 Å². The maximum Gasteiger partial charge on any atom is 0.321 e. The molecule has 2 aromatic heterocycles. The first-order chi connectivity index (χ1) is 7.65. The summed E-state index contributed by atoms with van der Waals surface area (Å²) in [6.07, 6.45) is 0. The van der Waals surface area contributed by atoms with Crippen LogP contribution in [-0.2, 0) is 6.54 Å². The molecule has 16 heavy (non-hydrogen) atoms. The fraction of sp³-hybridized carbons (Fsp3) is 0.400. The number of halogens is 1. The first-order valence-corrected chi connectivity index (χ1v) is 6.58. The van der Waals surface area contributed by atoms with Crippen LogP contribution in [0.15, 0.2) is 20.4 Å². The van der Waals surface area contributed by atoms with Crippen molar-refractivity contribution in [2.45, 2.75) is 26.3 Å². The molecule has 6 heteroatoms. The van der Waals surface area contributed by atoms with Gasteiger partial charge >= 0.3 is 6.01 Å². The molecular weight excluding hydrogens is 290 g/mol. The average molecular weight is 302 g/mol. The molecule has 0 radical (unpaired) electrons. The number of rotatable bonds is 4. The van der Waals surface area contributed by atoms with Gasteiger partial charge in [0.1, 0.15) is 0 Å². The monoisotopic (exact) mass is 301 g/mol. The molecule has 2 rings (SSSR count). The van der Waals surface area contributed by atoms with Gasteiger partial charge in [-0.1, -0.05) is 19.0 Å². The van der Waals surface area contributed by atoms with Crippen LogP contribution in [-0.4, -0.2) is 10.1 Å². The van der Waals surface area contributed by atoms with Crippen LogP contribution in [0.4, 0.5) is 6.01 Å². The van der Waals surface area contributed by atoms with Crippen molar-refractivity contribution in [3.05, 3.63) is 26.6 Å². The summed E-state index contributed by atoms with van der Waals surface area (Å²) in [6, 6.07) is 4.56. The van der Waals surface area contributed by atoms with Gasteiger partial charge in [0.15, 0.2) is 5.82 Å². The minimum atomic E-state index is 0.287. The zero-order valence-electron chi connectivity index (χ0n) is 9.03. The quantitative estimate of drug-likeness (QED) is 0.937. The summed E-state index contributed by atoms with van der Waals surface area (Å²) >= 11 is 5.11. The lowest BCUT2D eigenvalue weighted by atomic mass is 10.2. The lowest BCUT2D eigenvalue weighted by Gasteiger charge is -1.96. The SMILES string of the molecule is CC(C)c1noc(NCc2ccc(Br)s2)n1. The van der Waals surface area contributed by atoms with Gasteiger partial charge in [0.25, 0.3) is 0 Å². The lowest BCUT2D eigenvalue weighted by Crippen LogP contribution is -1.98. The van der Waals surface area contributed by atoms with Gasteiger partial charge < -0.3 is 9.84 Å². The van der Waals surface area contributed by atoms with Crippen LogP contribution in [0.2, 0.25) is 0 Å². The van der Waals surface area contributed by atoms with Crippen molar-refractivity contribution >= 4 is 33.3 Å². The topological polar surface area (TPSA) is 51.0 Å². The first kappa shape index (κ1) is 11.6. The van der Waals surface area contributed by atoms with Crippen molar-refractivity contribution in [1.29, 1.82) is 0 Å². The zero-order chi connectivity index (χ0) is 11.5. The van der Waals surface area contributed by atoms with E-state index in [1.54, 1.807) is 11.3 Å². The summed E-state index contributed by atoms with van der Waals surface area (Å²) in [7, 11) is 0. The molecule has 0 aliphatic carbocycles. The Morgan fingerprint density at radius 1 is 1.50 bits per heavy atom. The van der Waals surface area contributed by atoms with E-state index in [0.29, 0.717) is 12.6 Å². The second kappa shape index (κ2) is 4.97. The van der Waals surface area contributed by atoms with Gasteiger partial charge in [0.05, 0.1) is 10.3 Å². The second-order valence-electron chi connectivity index (χ2n) is 3.67. The number of nitrogens with one attached hydrogen (secondary N) is 1. The minimum absolute atomic E-state index is 0.287. The maximum atomic E-state index is 5.08. The van der Waals surface area contributed by atoms with Gasteiger partial charge in [-0.3, -0.25) is 0 Å². The van der Waals surface area contributed by atoms with Crippen LogP contribution in [0.25, 0.3) is 0 Å². The van der Waals surface area contributed by atoms with Crippen molar-refractivity contribution in [2.75, 3.05) is 5.32 Å². The van der Waals surface area contributed by atoms with Crippen LogP contribution in [0.1, 0.15) is 30.5 Å². The molecular formula is C10H12BrN3OS. The van der Waals surface area contributed by atoms with Crippen LogP contribution in [0.3, 0.4) is 0 Å². The van der Waals surface area contributed by atoms with Crippen molar-refractivity contribution in [2.24, 2.45) is 0 Å². The molecule has 0 aromatic carbocycles. The summed E-state index contributed by atoms with van der Waals surface area (Å²) in [6.45, 7) is 4.77. The Morgan fingerprint density at radius 2 is 2.31 bits per heavy atom. The molecule has 0 amide bonds. The molecule has 0 unspecified atom stereocenters. The molecule has 0 aliphatic rings. The number of hydrogen-bond donors (Lipinski definition) is 1. The van der Waals surface area contributed by atoms with Crippen molar-refractivity contribution in [3.8, 4) is 0 Å². The highest BCUT2D eigenvalue weighted by molar-refractivity contribution is 9.11. The van der Waals surface area contributed by atoms with E-state index in [1.165, 1.54) is 4.88 Å². The minimum Gasteiger partial charge on any atom is -0.333 e. The second-order valence-corrected chi connectivity index (χ2v) is 6.22. The smallest absolute Gasteiger partial charge is 0.321 e. The van der Waals surface area contributed by atoms with E-state index in [1.807, 2.05) is 19.9 Å². The van der Waals surface area contributed by atoms with E-state index >= 15 is 0 Å². The summed E-state index contributed by atoms with van der Waals surface area (Å²) in [5, 5.41) is 6.98. The summed E-state index contributed by atoms with van der Waals surface area (Å²) in [5.74, 6) is 1.02. The molecule has 86 valence electrons. The van der Waals surface area contributed by atoms with Crippen LogP contribution < -0.4 is 5.32 Å². The Balaban J connectivity index is 1.94. The average Bonchev–Trinajstić information content (AvgIpc) is 2.83. The van der Waals surface area contributed by atoms with E-state index < -0.39 is 0 Å². The number of anilines is 1. The number of thiophene rings is 1. The third-order valence-corrected chi connectivity index (χ3v) is 3.62. The number of aromatic nitrogens is 2. The Kier molecular flexibility index (Phi) is 3.60. The predicted octanol–water partition coefficient (Wildman–Crippen LogP) is 3.63. The Hall–Kier alpha value is -0.880. The number of nitrogens with zero attached hydrogens (tertiary/aromatic N) is 2. The molecule has 0 atom stereocenters. The van der Waals surface area contributed by atoms with E-state index in [9.17, 15) is 0 Å². The third kappa shape index (κ3) is 2.82. The van der Waals surface area contributed by atoms with Gasteiger partial charge in [-0.05, 0) is 28.1 Å². The highest BCUT2D eigenvalue weighted by Gasteiger charge is 2.09. The van der Waals surface area contributed by atoms with Gasteiger partial charge in [0.2, 0.25) is 0 Å². The van der Waals surface area contributed by atoms with Crippen molar-refractivity contribution in [1.82, 2.24) is 10.1 Å². The Labute approximate surface area is 106 Å². The van der Waals surface area contributed by atoms with E-state index in [2.05, 4.69) is 37.5 Å². The molecule has 1 N–H and O–H groups in total. The summed E-state index contributed by atoms with van der Waals surface area (Å²) < 4.78 is 6.20. The normalized spacial score (nSPS) is 11.0. The Morgan fingerprint density at radius 3 is 2.88 bits per heavy atom. The highest BCUT2D eigenvalue weighted by Crippen LogP contribution is 2.22. The van der Waals surface area contributed by atoms with Crippen LogP contribution in [0.5, 0.6) is 0 Å². The van der Waals surface area contributed by atoms with Gasteiger partial charge in [-0.15, -0.1) is 11.3 Å². The van der Waals surface area contributed by atoms with E-state index in [4.69, 9.17) is 4.52 Å².